The first-order valence-corrected chi connectivity index (χ1v) is 36.8. The van der Waals surface area contributed by atoms with Gasteiger partial charge in [-0.15, -0.1) is 0 Å². The van der Waals surface area contributed by atoms with Gasteiger partial charge in [-0.1, -0.05) is 30.3 Å². The molecular formula is C67H104N6O44. The van der Waals surface area contributed by atoms with Gasteiger partial charge in [0.1, 0.15) is 165 Å². The van der Waals surface area contributed by atoms with Gasteiger partial charge in [0.15, 0.2) is 31.4 Å². The molecule has 0 radical (unpaired) electrons. The molecule has 50 nitrogen and oxygen atoms in total. The fraction of sp³-hybridized carbons (Fsp3) is 0.791. The summed E-state index contributed by atoms with van der Waals surface area (Å²) in [6.45, 7) is -5.11. The van der Waals surface area contributed by atoms with Crippen LogP contribution in [-0.2, 0) is 106 Å². The van der Waals surface area contributed by atoms with E-state index in [0.717, 1.165) is 27.7 Å². The highest BCUT2D eigenvalue weighted by atomic mass is 16.8. The third-order valence-electron chi connectivity index (χ3n) is 20.2. The van der Waals surface area contributed by atoms with Gasteiger partial charge in [-0.25, -0.2) is 14.4 Å². The molecule has 0 unspecified atom stereocenters. The van der Waals surface area contributed by atoms with E-state index in [0.29, 0.717) is 5.56 Å². The highest BCUT2D eigenvalue weighted by molar-refractivity contribution is 5.79. The van der Waals surface area contributed by atoms with Crippen molar-refractivity contribution in [3.05, 3.63) is 35.9 Å². The molecule has 8 rings (SSSR count). The molecule has 7 fully saturated rings. The lowest BCUT2D eigenvalue weighted by Crippen LogP contribution is -2.71. The SMILES string of the molecule is CC(=O)N[C@H]1[C@H](OC[C@H]2O[C@@H](NC(=O)CCNC(=O)OCc3ccccc3)[C@H](O)[C@@H](O[C@@H]3O[C@H](CO)[C@@H](O[C@@H]4O[C@H](CO)[C@H](O)[C@H](O[C@]5(C(=O)O)C[C@H](O)[C@@H](NC(C)=O)[C@H]([C@H](O)[C@H](O)CO)O5)[C@H]4O)[C@H](O)[C@H]3NC(C)=O)[C@H]2O)O[C@H](CO)[C@@H](O[C@@H]2O[C@H](CO)[C@H](O)[C@H](O[C@]3(C(=O)O)C[C@H](O)[C@@H](NC(C)=O)[C@H]([C@H](O)[C@H](O)CO)O3)[C@H]2O)[C@@H]1O. The van der Waals surface area contributed by atoms with E-state index < -0.39 is 345 Å². The third-order valence-corrected chi connectivity index (χ3v) is 20.2. The van der Waals surface area contributed by atoms with E-state index in [1.54, 1.807) is 30.3 Å². The summed E-state index contributed by atoms with van der Waals surface area (Å²) >= 11 is 0. The molecule has 666 valence electrons. The predicted octanol–water partition coefficient (Wildman–Crippen LogP) is -15.8. The quantitative estimate of drug-likeness (QED) is 0.0300. The van der Waals surface area contributed by atoms with E-state index >= 15 is 0 Å². The van der Waals surface area contributed by atoms with E-state index in [-0.39, 0.29) is 6.61 Å². The summed E-state index contributed by atoms with van der Waals surface area (Å²) in [5, 5.41) is 258. The number of alkyl carbamates (subject to hydrolysis) is 1. The maximum absolute atomic E-state index is 13.8. The van der Waals surface area contributed by atoms with Crippen LogP contribution in [0.4, 0.5) is 4.79 Å². The molecule has 6 amide bonds. The number of carboxylic acid groups (broad SMARTS) is 2. The number of carbonyl (C=O) groups is 8. The number of carboxylic acids is 2. The topological polar surface area (TPSA) is 783 Å². The van der Waals surface area contributed by atoms with Crippen LogP contribution in [0, 0.1) is 0 Å². The van der Waals surface area contributed by atoms with Crippen LogP contribution in [0.3, 0.4) is 0 Å². The van der Waals surface area contributed by atoms with Gasteiger partial charge in [0.05, 0.1) is 70.5 Å². The molecule has 0 aromatic heterocycles. The fourth-order valence-corrected chi connectivity index (χ4v) is 14.3. The number of amides is 6. The molecule has 7 heterocycles. The number of hydrogen-bond acceptors (Lipinski definition) is 42. The number of nitrogens with one attached hydrogen (secondary N) is 6. The van der Waals surface area contributed by atoms with E-state index in [1.165, 1.54) is 0 Å². The Morgan fingerprint density at radius 2 is 0.846 bits per heavy atom. The largest absolute Gasteiger partial charge is 0.477 e. The van der Waals surface area contributed by atoms with Crippen molar-refractivity contribution in [2.75, 3.05) is 52.8 Å². The molecule has 1 aromatic carbocycles. The van der Waals surface area contributed by atoms with Crippen LogP contribution in [0.15, 0.2) is 30.3 Å². The Hall–Kier alpha value is -6.54. The van der Waals surface area contributed by atoms with Crippen molar-refractivity contribution in [2.24, 2.45) is 0 Å². The van der Waals surface area contributed by atoms with Crippen LogP contribution in [0.2, 0.25) is 0 Å². The molecule has 50 heteroatoms. The molecule has 7 aliphatic rings. The molecule has 0 saturated carbocycles. The van der Waals surface area contributed by atoms with Crippen LogP contribution in [-0.4, -0.2) is 439 Å². The Morgan fingerprint density at radius 3 is 1.26 bits per heavy atom. The smallest absolute Gasteiger partial charge is 0.407 e. The van der Waals surface area contributed by atoms with E-state index in [4.69, 9.17) is 66.3 Å². The van der Waals surface area contributed by atoms with Crippen molar-refractivity contribution in [1.82, 2.24) is 31.9 Å². The highest BCUT2D eigenvalue weighted by Crippen LogP contribution is 2.42. The Bertz CT molecular complexity index is 3430. The van der Waals surface area contributed by atoms with Crippen molar-refractivity contribution >= 4 is 47.6 Å². The summed E-state index contributed by atoms with van der Waals surface area (Å²) in [4.78, 5) is 103. The Morgan fingerprint density at radius 1 is 0.453 bits per heavy atom. The summed E-state index contributed by atoms with van der Waals surface area (Å²) in [6, 6.07) is 1.02. The first kappa shape index (κ1) is 95.9. The van der Waals surface area contributed by atoms with E-state index in [1.807, 2.05) is 0 Å². The summed E-state index contributed by atoms with van der Waals surface area (Å²) in [6.07, 6.45) is -71.8. The molecule has 0 aliphatic carbocycles. The van der Waals surface area contributed by atoms with Crippen molar-refractivity contribution in [3.8, 4) is 0 Å². The lowest BCUT2D eigenvalue weighted by Gasteiger charge is -2.51. The minimum Gasteiger partial charge on any atom is -0.477 e. The number of ether oxygens (including phenoxy) is 14. The van der Waals surface area contributed by atoms with Crippen molar-refractivity contribution in [1.29, 1.82) is 0 Å². The number of carbonyl (C=O) groups excluding carboxylic acids is 6. The van der Waals surface area contributed by atoms with Crippen molar-refractivity contribution in [3.63, 3.8) is 0 Å². The lowest BCUT2D eigenvalue weighted by atomic mass is 9.88. The van der Waals surface area contributed by atoms with Crippen molar-refractivity contribution < 1.29 is 217 Å². The van der Waals surface area contributed by atoms with Gasteiger partial charge in [-0.05, 0) is 5.56 Å². The molecule has 7 aliphatic heterocycles. The first-order chi connectivity index (χ1) is 55.2. The van der Waals surface area contributed by atoms with Crippen LogP contribution in [0.5, 0.6) is 0 Å². The molecule has 37 atom stereocenters. The molecule has 28 N–H and O–H groups in total. The maximum Gasteiger partial charge on any atom is 0.407 e. The van der Waals surface area contributed by atoms with Gasteiger partial charge < -0.3 is 211 Å². The number of rotatable bonds is 35. The van der Waals surface area contributed by atoms with Gasteiger partial charge in [0.25, 0.3) is 11.6 Å². The molecule has 7 saturated heterocycles. The van der Waals surface area contributed by atoms with Crippen LogP contribution in [0.25, 0.3) is 0 Å². The Balaban J connectivity index is 1.04. The summed E-state index contributed by atoms with van der Waals surface area (Å²) < 4.78 is 81.5. The van der Waals surface area contributed by atoms with Crippen LogP contribution < -0.4 is 31.9 Å². The maximum atomic E-state index is 13.8. The highest BCUT2D eigenvalue weighted by Gasteiger charge is 2.64. The zero-order chi connectivity index (χ0) is 86.6. The molecule has 1 aromatic rings. The number of aliphatic hydroxyl groups excluding tert-OH is 20. The van der Waals surface area contributed by atoms with E-state index in [9.17, 15) is 151 Å². The predicted molar refractivity (Wildman–Crippen MR) is 368 cm³/mol. The standard InChI is InChI=1S/C67H104N6O44/c1-22(80)69-37-27(84)12-66(63(99)100,114-53(37)41(89)29(86)14-74)116-56-43(91)31(16-76)107-61(49(56)97)111-51-33(18-78)109-59(39(46(51)94)71-24(3)82)104-21-35-45(93)55(48(96)58(106-35)73-36(88)10-11-68-65(103)105-20-26-8-6-5-7-9-26)113-60-40(72-25(4)83)47(95)52(34(19-79)110-60)112-62-50(98)57(44(92)32(17-77)108-62)117-67(64(101)102)13-28(85)38(70-23(2)81)54(115-67)42(90)30(87)15-75/h5-9,27-35,37-62,74-79,84-87,89-98H,10-21H2,1-4H3,(H,68,103)(H,69,80)(H,70,81)(H,71,82)(H,72,83)(H,73,88)(H,99,100)(H,101,102)/t27-,28-,29+,30+,31+,32+,33+,34+,35+,37+,38+,39+,40+,41+,42+,43-,44-,45-,46+,47+,48+,49+,50+,51+,52+,53+,54+,55-,56-,57-,58+,59+,60-,61-,62-,66-,67-/m0/s1. The minimum atomic E-state index is -3.28. The monoisotopic (exact) mass is 1700 g/mol. The van der Waals surface area contributed by atoms with Crippen molar-refractivity contribution in [2.45, 2.75) is 279 Å². The lowest BCUT2D eigenvalue weighted by molar-refractivity contribution is -0.386. The third kappa shape index (κ3) is 22.8. The first-order valence-electron chi connectivity index (χ1n) is 36.8. The van der Waals surface area contributed by atoms with Gasteiger partial charge in [0, 0.05) is 53.5 Å². The molecule has 0 bridgehead atoms. The second-order valence-corrected chi connectivity index (χ2v) is 28.7. The number of benzene rings is 1. The van der Waals surface area contributed by atoms with Crippen LogP contribution >= 0.6 is 0 Å². The summed E-state index contributed by atoms with van der Waals surface area (Å²) in [7, 11) is 0. The second-order valence-electron chi connectivity index (χ2n) is 28.7. The normalized spacial score (nSPS) is 40.2. The second kappa shape index (κ2) is 42.3. The summed E-state index contributed by atoms with van der Waals surface area (Å²) in [5.74, 6) is -15.5. The number of hydrogen-bond donors (Lipinski definition) is 28. The minimum absolute atomic E-state index is 0.181. The van der Waals surface area contributed by atoms with Gasteiger partial charge in [-0.2, -0.15) is 0 Å². The fourth-order valence-electron chi connectivity index (χ4n) is 14.3. The molecule has 117 heavy (non-hydrogen) atoms. The average molecular weight is 1700 g/mol. The number of aliphatic carboxylic acids is 2. The summed E-state index contributed by atoms with van der Waals surface area (Å²) in [5.41, 5.74) is 0.603. The van der Waals surface area contributed by atoms with Gasteiger partial charge >= 0.3 is 18.0 Å². The zero-order valence-corrected chi connectivity index (χ0v) is 62.9. The average Bonchev–Trinajstić information content (AvgIpc) is 0.747. The van der Waals surface area contributed by atoms with Gasteiger partial charge in [-0.3, -0.25) is 24.0 Å². The molecular weight excluding hydrogens is 1590 g/mol. The van der Waals surface area contributed by atoms with E-state index in [2.05, 4.69) is 31.9 Å². The number of aliphatic hydroxyl groups is 20. The van der Waals surface area contributed by atoms with Crippen LogP contribution in [0.1, 0.15) is 52.5 Å². The van der Waals surface area contributed by atoms with Gasteiger partial charge in [0.2, 0.25) is 29.5 Å². The molecule has 0 spiro atoms. The zero-order valence-electron chi connectivity index (χ0n) is 62.9. The Kier molecular flexibility index (Phi) is 34.7. The Labute approximate surface area is 662 Å².